The molecule has 2 aromatic heterocycles. The molecular formula is C21H24N6O. The first-order chi connectivity index (χ1) is 13.1. The van der Waals surface area contributed by atoms with Crippen LogP contribution in [-0.2, 0) is 5.54 Å². The highest BCUT2D eigenvalue weighted by Gasteiger charge is 2.32. The van der Waals surface area contributed by atoms with Gasteiger partial charge in [-0.3, -0.25) is 4.79 Å². The van der Waals surface area contributed by atoms with Gasteiger partial charge in [0.15, 0.2) is 5.69 Å². The first-order valence-electron chi connectivity index (χ1n) is 9.36. The van der Waals surface area contributed by atoms with Crippen LogP contribution in [0.2, 0.25) is 0 Å². The maximum Gasteiger partial charge on any atom is 0.278 e. The average molecular weight is 376 g/mol. The molecule has 0 spiro atoms. The molecule has 0 fully saturated rings. The molecule has 144 valence electrons. The number of nitrogens with zero attached hydrogens (tertiary/aromatic N) is 5. The molecule has 4 rings (SSSR count). The summed E-state index contributed by atoms with van der Waals surface area (Å²) < 4.78 is 1.71. The van der Waals surface area contributed by atoms with Gasteiger partial charge in [0.05, 0.1) is 16.6 Å². The molecule has 7 heteroatoms. The molecule has 0 unspecified atom stereocenters. The Morgan fingerprint density at radius 2 is 1.71 bits per heavy atom. The number of benzene rings is 2. The van der Waals surface area contributed by atoms with Gasteiger partial charge in [-0.1, -0.05) is 45.0 Å². The molecule has 0 aliphatic heterocycles. The number of aromatic amines is 1. The van der Waals surface area contributed by atoms with Crippen LogP contribution in [0.15, 0.2) is 41.2 Å². The number of hydrogen-bond donors (Lipinski definition) is 1. The van der Waals surface area contributed by atoms with Crippen molar-refractivity contribution in [2.75, 3.05) is 0 Å². The fourth-order valence-electron chi connectivity index (χ4n) is 4.04. The summed E-state index contributed by atoms with van der Waals surface area (Å²) in [5.41, 5.74) is 1.04. The molecular weight excluding hydrogens is 352 g/mol. The molecule has 0 saturated heterocycles. The van der Waals surface area contributed by atoms with Crippen LogP contribution in [0, 0.1) is 5.41 Å². The molecule has 0 saturated carbocycles. The van der Waals surface area contributed by atoms with Gasteiger partial charge in [-0.2, -0.15) is 0 Å². The van der Waals surface area contributed by atoms with Gasteiger partial charge >= 0.3 is 0 Å². The zero-order valence-corrected chi connectivity index (χ0v) is 16.8. The molecule has 7 nitrogen and oxygen atoms in total. The van der Waals surface area contributed by atoms with Crippen molar-refractivity contribution in [3.63, 3.8) is 0 Å². The van der Waals surface area contributed by atoms with Crippen LogP contribution in [0.4, 0.5) is 0 Å². The number of rotatable bonds is 3. The average Bonchev–Trinajstić information content (AvgIpc) is 3.08. The summed E-state index contributed by atoms with van der Waals surface area (Å²) in [6, 6.07) is 11.9. The molecule has 0 amide bonds. The maximum atomic E-state index is 12.8. The monoisotopic (exact) mass is 376 g/mol. The lowest BCUT2D eigenvalue weighted by Gasteiger charge is -2.32. The van der Waals surface area contributed by atoms with Crippen LogP contribution in [0.25, 0.3) is 33.3 Å². The Morgan fingerprint density at radius 1 is 1.04 bits per heavy atom. The topological polar surface area (TPSA) is 89.3 Å². The highest BCUT2D eigenvalue weighted by atomic mass is 16.1. The minimum atomic E-state index is -0.371. The van der Waals surface area contributed by atoms with Crippen LogP contribution in [0.5, 0.6) is 0 Å². The van der Waals surface area contributed by atoms with Gasteiger partial charge in [-0.25, -0.2) is 9.67 Å². The third-order valence-corrected chi connectivity index (χ3v) is 4.78. The predicted octanol–water partition coefficient (Wildman–Crippen LogP) is 3.90. The van der Waals surface area contributed by atoms with Crippen LogP contribution in [0.3, 0.4) is 0 Å². The Labute approximate surface area is 162 Å². The van der Waals surface area contributed by atoms with E-state index >= 15 is 0 Å². The largest absolute Gasteiger partial charge is 0.319 e. The summed E-state index contributed by atoms with van der Waals surface area (Å²) in [6.45, 7) is 10.7. The second-order valence-electron chi connectivity index (χ2n) is 9.10. The molecule has 0 aliphatic carbocycles. The Morgan fingerprint density at radius 3 is 2.39 bits per heavy atom. The maximum absolute atomic E-state index is 12.8. The van der Waals surface area contributed by atoms with Crippen LogP contribution in [-0.4, -0.2) is 30.2 Å². The van der Waals surface area contributed by atoms with Crippen molar-refractivity contribution < 1.29 is 0 Å². The van der Waals surface area contributed by atoms with Crippen molar-refractivity contribution in [2.45, 2.75) is 46.6 Å². The number of H-pyrrole nitrogens is 1. The third kappa shape index (κ3) is 3.28. The van der Waals surface area contributed by atoms with Gasteiger partial charge in [0.1, 0.15) is 0 Å². The van der Waals surface area contributed by atoms with E-state index in [0.29, 0.717) is 16.9 Å². The molecule has 2 aromatic carbocycles. The first-order valence-corrected chi connectivity index (χ1v) is 9.36. The van der Waals surface area contributed by atoms with Crippen molar-refractivity contribution in [1.29, 1.82) is 0 Å². The van der Waals surface area contributed by atoms with Gasteiger partial charge in [-0.15, -0.1) is 5.10 Å². The minimum Gasteiger partial charge on any atom is -0.319 e. The minimum absolute atomic E-state index is 0.0782. The first kappa shape index (κ1) is 18.3. The zero-order valence-electron chi connectivity index (χ0n) is 16.8. The predicted molar refractivity (Wildman–Crippen MR) is 110 cm³/mol. The second-order valence-corrected chi connectivity index (χ2v) is 9.10. The number of nitrogens with one attached hydrogen (secondary N) is 1. The lowest BCUT2D eigenvalue weighted by atomic mass is 9.82. The molecule has 0 radical (unpaired) electrons. The molecule has 0 aliphatic rings. The fraction of sp³-hybridized carbons (Fsp3) is 0.381. The third-order valence-electron chi connectivity index (χ3n) is 4.78. The van der Waals surface area contributed by atoms with E-state index in [4.69, 9.17) is 0 Å². The summed E-state index contributed by atoms with van der Waals surface area (Å²) in [5, 5.41) is 14.3. The summed E-state index contributed by atoms with van der Waals surface area (Å²) in [6.07, 6.45) is 0.841. The van der Waals surface area contributed by atoms with Crippen molar-refractivity contribution >= 4 is 21.8 Å². The Hall–Kier alpha value is -3.09. The van der Waals surface area contributed by atoms with Crippen LogP contribution < -0.4 is 5.56 Å². The highest BCUT2D eigenvalue weighted by Crippen LogP contribution is 2.33. The van der Waals surface area contributed by atoms with Crippen molar-refractivity contribution in [2.24, 2.45) is 5.41 Å². The van der Waals surface area contributed by atoms with Gasteiger partial charge in [0.2, 0.25) is 5.82 Å². The quantitative estimate of drug-likeness (QED) is 0.548. The standard InChI is InChI=1S/C21H24N6O/c1-20(2,3)12-21(4,5)27-18(24-25-26-27)17-19(28)23-16-11-14-9-7-6-8-13(14)10-15(16)22-17/h6-11H,12H2,1-5H3,(H,23,28). The molecule has 0 atom stereocenters. The van der Waals surface area contributed by atoms with E-state index in [1.807, 2.05) is 36.4 Å². The Bertz CT molecular complexity index is 1230. The molecule has 1 N–H and O–H groups in total. The van der Waals surface area contributed by atoms with E-state index in [1.54, 1.807) is 4.68 Å². The van der Waals surface area contributed by atoms with Gasteiger partial charge in [0.25, 0.3) is 5.56 Å². The normalized spacial score (nSPS) is 12.8. The number of hydrogen-bond acceptors (Lipinski definition) is 5. The van der Waals surface area contributed by atoms with Crippen LogP contribution in [0.1, 0.15) is 41.0 Å². The van der Waals surface area contributed by atoms with Gasteiger partial charge < -0.3 is 4.98 Å². The molecule has 0 bridgehead atoms. The molecule has 28 heavy (non-hydrogen) atoms. The summed E-state index contributed by atoms with van der Waals surface area (Å²) in [4.78, 5) is 20.4. The van der Waals surface area contributed by atoms with Crippen molar-refractivity contribution in [3.05, 3.63) is 46.8 Å². The summed E-state index contributed by atoms with van der Waals surface area (Å²) in [5.74, 6) is 0.380. The Kier molecular flexibility index (Phi) is 4.06. The van der Waals surface area contributed by atoms with Crippen LogP contribution >= 0.6 is 0 Å². The smallest absolute Gasteiger partial charge is 0.278 e. The zero-order chi connectivity index (χ0) is 20.1. The van der Waals surface area contributed by atoms with E-state index in [2.05, 4.69) is 60.1 Å². The highest BCUT2D eigenvalue weighted by molar-refractivity contribution is 5.95. The number of aromatic nitrogens is 6. The van der Waals surface area contributed by atoms with Crippen molar-refractivity contribution in [1.82, 2.24) is 30.2 Å². The van der Waals surface area contributed by atoms with E-state index in [1.165, 1.54) is 0 Å². The lowest BCUT2D eigenvalue weighted by Crippen LogP contribution is -2.34. The molecule has 4 aromatic rings. The fourth-order valence-corrected chi connectivity index (χ4v) is 4.04. The SMILES string of the molecule is CC(C)(C)CC(C)(C)n1nnnc1-c1nc2cc3ccccc3cc2[nH]c1=O. The van der Waals surface area contributed by atoms with Gasteiger partial charge in [0, 0.05) is 0 Å². The summed E-state index contributed by atoms with van der Waals surface area (Å²) in [7, 11) is 0. The molecule has 2 heterocycles. The number of fused-ring (bicyclic) bond motifs is 2. The van der Waals surface area contributed by atoms with E-state index in [0.717, 1.165) is 17.2 Å². The second kappa shape index (κ2) is 6.22. The Balaban J connectivity index is 1.89. The lowest BCUT2D eigenvalue weighted by molar-refractivity contribution is 0.197. The van der Waals surface area contributed by atoms with E-state index in [9.17, 15) is 4.79 Å². The van der Waals surface area contributed by atoms with Crippen molar-refractivity contribution in [3.8, 4) is 11.5 Å². The van der Waals surface area contributed by atoms with E-state index < -0.39 is 0 Å². The number of tetrazole rings is 1. The van der Waals surface area contributed by atoms with Gasteiger partial charge in [-0.05, 0) is 59.0 Å². The van der Waals surface area contributed by atoms with E-state index in [-0.39, 0.29) is 22.2 Å². The summed E-state index contributed by atoms with van der Waals surface area (Å²) >= 11 is 0.